The van der Waals surface area contributed by atoms with E-state index in [1.165, 1.54) is 0 Å². The summed E-state index contributed by atoms with van der Waals surface area (Å²) >= 11 is 0. The number of amides is 2. The van der Waals surface area contributed by atoms with Gasteiger partial charge in [0.15, 0.2) is 0 Å². The Morgan fingerprint density at radius 2 is 1.72 bits per heavy atom. The number of hydrogen-bond acceptors (Lipinski definition) is 5. The number of carbonyl (C=O) groups excluding carboxylic acids is 2. The fourth-order valence-electron chi connectivity index (χ4n) is 4.97. The summed E-state index contributed by atoms with van der Waals surface area (Å²) in [7, 11) is -4.05. The maximum Gasteiger partial charge on any atom is 0.241 e. The summed E-state index contributed by atoms with van der Waals surface area (Å²) in [5.41, 5.74) is 14.2. The third kappa shape index (κ3) is 5.28. The standard InChI is InChI=1S/C27H32N4O4S/c1-17-12-15-24(21-10-5-4-8-19(17)21)36(34,35)31-23(11-6-16-28)27(33)30-25-20-9-3-2-7-18(20)13-14-22(25)26(29)32/h2-5,7-10,12,15,22-23,25,31H,6,11,13-14,16,28H2,1H3,(H2,29,32)(H,30,33). The van der Waals surface area contributed by atoms with Crippen LogP contribution in [0.5, 0.6) is 0 Å². The summed E-state index contributed by atoms with van der Waals surface area (Å²) in [6.07, 6.45) is 1.84. The van der Waals surface area contributed by atoms with Crippen molar-refractivity contribution >= 4 is 32.6 Å². The Hall–Kier alpha value is -3.27. The minimum absolute atomic E-state index is 0.104. The van der Waals surface area contributed by atoms with E-state index in [0.29, 0.717) is 31.2 Å². The third-order valence-corrected chi connectivity index (χ3v) is 8.41. The molecular weight excluding hydrogens is 476 g/mol. The smallest absolute Gasteiger partial charge is 0.241 e. The third-order valence-electron chi connectivity index (χ3n) is 6.88. The Morgan fingerprint density at radius 1 is 1.03 bits per heavy atom. The van der Waals surface area contributed by atoms with E-state index in [-0.39, 0.29) is 11.3 Å². The summed E-state index contributed by atoms with van der Waals surface area (Å²) in [5, 5.41) is 4.34. The average Bonchev–Trinajstić information content (AvgIpc) is 2.86. The highest BCUT2D eigenvalue weighted by atomic mass is 32.2. The van der Waals surface area contributed by atoms with Crippen LogP contribution in [-0.2, 0) is 26.0 Å². The molecule has 1 aliphatic rings. The number of rotatable bonds is 9. The van der Waals surface area contributed by atoms with Crippen LogP contribution in [-0.4, -0.2) is 32.8 Å². The quantitative estimate of drug-likeness (QED) is 0.351. The maximum atomic E-state index is 13.5. The monoisotopic (exact) mass is 508 g/mol. The number of carbonyl (C=O) groups is 2. The fraction of sp³-hybridized carbons (Fsp3) is 0.333. The predicted molar refractivity (Wildman–Crippen MR) is 139 cm³/mol. The molecular formula is C27H32N4O4S. The van der Waals surface area contributed by atoms with Crippen molar-refractivity contribution in [1.82, 2.24) is 10.0 Å². The van der Waals surface area contributed by atoms with Crippen LogP contribution in [0.15, 0.2) is 65.6 Å². The molecule has 0 saturated heterocycles. The SMILES string of the molecule is Cc1ccc(S(=O)(=O)NC(CCCN)C(=O)NC2c3ccccc3CCC2C(N)=O)c2ccccc12. The van der Waals surface area contributed by atoms with Crippen molar-refractivity contribution in [2.24, 2.45) is 17.4 Å². The summed E-state index contributed by atoms with van der Waals surface area (Å²) < 4.78 is 29.6. The molecule has 0 aliphatic heterocycles. The van der Waals surface area contributed by atoms with Gasteiger partial charge in [0.2, 0.25) is 21.8 Å². The van der Waals surface area contributed by atoms with Gasteiger partial charge in [-0.3, -0.25) is 9.59 Å². The lowest BCUT2D eigenvalue weighted by atomic mass is 9.79. The van der Waals surface area contributed by atoms with E-state index in [1.54, 1.807) is 24.3 Å². The van der Waals surface area contributed by atoms with E-state index in [0.717, 1.165) is 22.1 Å². The average molecular weight is 509 g/mol. The molecule has 0 bridgehead atoms. The van der Waals surface area contributed by atoms with E-state index >= 15 is 0 Å². The van der Waals surface area contributed by atoms with E-state index in [1.807, 2.05) is 43.3 Å². The Labute approximate surface area is 211 Å². The lowest BCUT2D eigenvalue weighted by Crippen LogP contribution is -2.50. The highest BCUT2D eigenvalue weighted by Crippen LogP contribution is 2.34. The molecule has 4 rings (SSSR count). The molecule has 0 fully saturated rings. The molecule has 3 aromatic rings. The number of nitrogens with two attached hydrogens (primary N) is 2. The van der Waals surface area contributed by atoms with E-state index < -0.39 is 39.8 Å². The molecule has 3 atom stereocenters. The molecule has 6 N–H and O–H groups in total. The zero-order chi connectivity index (χ0) is 25.9. The summed E-state index contributed by atoms with van der Waals surface area (Å²) in [4.78, 5) is 25.8. The van der Waals surface area contributed by atoms with Crippen molar-refractivity contribution in [3.05, 3.63) is 77.4 Å². The van der Waals surface area contributed by atoms with Crippen molar-refractivity contribution in [2.45, 2.75) is 49.6 Å². The molecule has 1 aliphatic carbocycles. The van der Waals surface area contributed by atoms with E-state index in [2.05, 4.69) is 10.0 Å². The number of aryl methyl sites for hydroxylation is 2. The maximum absolute atomic E-state index is 13.5. The van der Waals surface area contributed by atoms with Gasteiger partial charge in [0, 0.05) is 5.39 Å². The topological polar surface area (TPSA) is 144 Å². The zero-order valence-electron chi connectivity index (χ0n) is 20.2. The van der Waals surface area contributed by atoms with Crippen LogP contribution in [0.25, 0.3) is 10.8 Å². The molecule has 0 heterocycles. The number of fused-ring (bicyclic) bond motifs is 2. The molecule has 0 saturated carbocycles. The summed E-state index contributed by atoms with van der Waals surface area (Å²) in [5.74, 6) is -1.60. The lowest BCUT2D eigenvalue weighted by Gasteiger charge is -2.33. The molecule has 0 aromatic heterocycles. The van der Waals surface area contributed by atoms with Gasteiger partial charge in [0.25, 0.3) is 0 Å². The van der Waals surface area contributed by atoms with Gasteiger partial charge in [-0.15, -0.1) is 0 Å². The van der Waals surface area contributed by atoms with Gasteiger partial charge in [-0.05, 0) is 67.3 Å². The summed E-state index contributed by atoms with van der Waals surface area (Å²) in [6.45, 7) is 2.22. The lowest BCUT2D eigenvalue weighted by molar-refractivity contribution is -0.126. The number of nitrogens with one attached hydrogen (secondary N) is 2. The largest absolute Gasteiger partial charge is 0.369 e. The molecule has 3 unspecified atom stereocenters. The molecule has 0 radical (unpaired) electrons. The van der Waals surface area contributed by atoms with Crippen molar-refractivity contribution < 1.29 is 18.0 Å². The van der Waals surface area contributed by atoms with Crippen molar-refractivity contribution in [3.8, 4) is 0 Å². The molecule has 8 nitrogen and oxygen atoms in total. The van der Waals surface area contributed by atoms with Crippen LogP contribution in [0.2, 0.25) is 0 Å². The minimum Gasteiger partial charge on any atom is -0.369 e. The fourth-order valence-corrected chi connectivity index (χ4v) is 6.41. The number of hydrogen-bond donors (Lipinski definition) is 4. The van der Waals surface area contributed by atoms with Gasteiger partial charge in [-0.2, -0.15) is 4.72 Å². The molecule has 0 spiro atoms. The van der Waals surface area contributed by atoms with Gasteiger partial charge >= 0.3 is 0 Å². The first kappa shape index (κ1) is 25.8. The van der Waals surface area contributed by atoms with Gasteiger partial charge in [-0.1, -0.05) is 54.6 Å². The van der Waals surface area contributed by atoms with Crippen LogP contribution in [0.3, 0.4) is 0 Å². The van der Waals surface area contributed by atoms with Crippen molar-refractivity contribution in [3.63, 3.8) is 0 Å². The Bertz CT molecular complexity index is 1390. The normalized spacial score (nSPS) is 18.4. The second kappa shape index (κ2) is 10.8. The van der Waals surface area contributed by atoms with Crippen LogP contribution >= 0.6 is 0 Å². The molecule has 2 amide bonds. The Morgan fingerprint density at radius 3 is 2.44 bits per heavy atom. The number of sulfonamides is 1. The first-order valence-corrected chi connectivity index (χ1v) is 13.6. The van der Waals surface area contributed by atoms with Gasteiger partial charge in [-0.25, -0.2) is 8.42 Å². The van der Waals surface area contributed by atoms with Gasteiger partial charge in [0.1, 0.15) is 6.04 Å². The van der Waals surface area contributed by atoms with Crippen LogP contribution in [0.1, 0.15) is 42.0 Å². The molecule has 190 valence electrons. The van der Waals surface area contributed by atoms with Gasteiger partial charge in [0.05, 0.1) is 16.9 Å². The first-order chi connectivity index (χ1) is 17.2. The van der Waals surface area contributed by atoms with Crippen LogP contribution in [0, 0.1) is 12.8 Å². The van der Waals surface area contributed by atoms with E-state index in [9.17, 15) is 18.0 Å². The predicted octanol–water partition coefficient (Wildman–Crippen LogP) is 2.44. The molecule has 9 heteroatoms. The summed E-state index contributed by atoms with van der Waals surface area (Å²) in [6, 6.07) is 16.4. The van der Waals surface area contributed by atoms with Gasteiger partial charge < -0.3 is 16.8 Å². The van der Waals surface area contributed by atoms with Crippen molar-refractivity contribution in [2.75, 3.05) is 6.54 Å². The van der Waals surface area contributed by atoms with Crippen molar-refractivity contribution in [1.29, 1.82) is 0 Å². The minimum atomic E-state index is -4.05. The number of benzene rings is 3. The highest BCUT2D eigenvalue weighted by Gasteiger charge is 2.36. The van der Waals surface area contributed by atoms with Crippen LogP contribution in [0.4, 0.5) is 0 Å². The second-order valence-corrected chi connectivity index (χ2v) is 10.9. The molecule has 3 aromatic carbocycles. The molecule has 36 heavy (non-hydrogen) atoms. The second-order valence-electron chi connectivity index (χ2n) is 9.26. The number of primary amides is 1. The first-order valence-electron chi connectivity index (χ1n) is 12.1. The Balaban J connectivity index is 1.64. The highest BCUT2D eigenvalue weighted by molar-refractivity contribution is 7.89. The van der Waals surface area contributed by atoms with E-state index in [4.69, 9.17) is 11.5 Å². The Kier molecular flexibility index (Phi) is 7.73. The van der Waals surface area contributed by atoms with Crippen LogP contribution < -0.4 is 21.5 Å². The zero-order valence-corrected chi connectivity index (χ0v) is 21.1.